The molecule has 0 radical (unpaired) electrons. The van der Waals surface area contributed by atoms with Crippen LogP contribution in [0, 0.1) is 0 Å². The van der Waals surface area contributed by atoms with E-state index in [9.17, 15) is 4.79 Å². The van der Waals surface area contributed by atoms with Gasteiger partial charge in [-0.2, -0.15) is 0 Å². The summed E-state index contributed by atoms with van der Waals surface area (Å²) in [6.07, 6.45) is 2.16. The van der Waals surface area contributed by atoms with Crippen LogP contribution >= 0.6 is 23.2 Å². The molecule has 0 aromatic heterocycles. The summed E-state index contributed by atoms with van der Waals surface area (Å²) in [5, 5.41) is 4.21. The summed E-state index contributed by atoms with van der Waals surface area (Å²) in [6.45, 7) is 0.624. The third kappa shape index (κ3) is 3.07. The first-order chi connectivity index (χ1) is 10.1. The Labute approximate surface area is 134 Å². The molecule has 1 fully saturated rings. The Morgan fingerprint density at radius 3 is 2.33 bits per heavy atom. The van der Waals surface area contributed by atoms with Gasteiger partial charge in [0.25, 0.3) is 5.91 Å². The fourth-order valence-corrected chi connectivity index (χ4v) is 2.86. The Hall–Kier alpha value is -1.51. The van der Waals surface area contributed by atoms with Gasteiger partial charge in [-0.15, -0.1) is 0 Å². The van der Waals surface area contributed by atoms with Crippen LogP contribution in [-0.4, -0.2) is 12.5 Å². The number of hydrogen-bond acceptors (Lipinski definition) is 1. The van der Waals surface area contributed by atoms with Crippen molar-refractivity contribution in [2.24, 2.45) is 0 Å². The number of rotatable bonds is 4. The number of amides is 1. The highest BCUT2D eigenvalue weighted by Crippen LogP contribution is 2.47. The lowest BCUT2D eigenvalue weighted by atomic mass is 9.96. The fourth-order valence-electron chi connectivity index (χ4n) is 2.51. The molecule has 2 aromatic rings. The summed E-state index contributed by atoms with van der Waals surface area (Å²) in [5.41, 5.74) is 1.80. The zero-order valence-electron chi connectivity index (χ0n) is 11.4. The van der Waals surface area contributed by atoms with E-state index in [1.165, 1.54) is 5.56 Å². The quantitative estimate of drug-likeness (QED) is 0.886. The topological polar surface area (TPSA) is 29.1 Å². The Kier molecular flexibility index (Phi) is 3.92. The Morgan fingerprint density at radius 2 is 1.71 bits per heavy atom. The molecule has 2 nitrogen and oxygen atoms in total. The van der Waals surface area contributed by atoms with E-state index in [1.54, 1.807) is 12.1 Å². The molecule has 1 aliphatic rings. The lowest BCUT2D eigenvalue weighted by Gasteiger charge is -2.17. The molecule has 2 aromatic carbocycles. The first-order valence-corrected chi connectivity index (χ1v) is 7.65. The van der Waals surface area contributed by atoms with Crippen molar-refractivity contribution in [1.29, 1.82) is 0 Å². The molecule has 1 N–H and O–H groups in total. The van der Waals surface area contributed by atoms with E-state index >= 15 is 0 Å². The maximum atomic E-state index is 12.2. The lowest BCUT2D eigenvalue weighted by molar-refractivity contribution is 0.0950. The molecule has 1 aliphatic carbocycles. The molecular formula is C17H15Cl2NO. The van der Waals surface area contributed by atoms with Gasteiger partial charge in [-0.25, -0.2) is 0 Å². The van der Waals surface area contributed by atoms with Gasteiger partial charge in [0.2, 0.25) is 0 Å². The minimum atomic E-state index is -0.124. The summed E-state index contributed by atoms with van der Waals surface area (Å²) >= 11 is 12.0. The average molecular weight is 320 g/mol. The summed E-state index contributed by atoms with van der Waals surface area (Å²) in [7, 11) is 0. The van der Waals surface area contributed by atoms with E-state index < -0.39 is 0 Å². The van der Waals surface area contributed by atoms with E-state index in [-0.39, 0.29) is 11.3 Å². The number of halogens is 2. The SMILES string of the molecule is O=C(NCC1(c2ccc(Cl)cc2)CC1)c1ccccc1Cl. The zero-order valence-corrected chi connectivity index (χ0v) is 12.9. The molecule has 1 saturated carbocycles. The van der Waals surface area contributed by atoms with Crippen LogP contribution in [0.5, 0.6) is 0 Å². The van der Waals surface area contributed by atoms with Crippen molar-refractivity contribution < 1.29 is 4.79 Å². The van der Waals surface area contributed by atoms with Crippen LogP contribution in [0.25, 0.3) is 0 Å². The number of carbonyl (C=O) groups excluding carboxylic acids is 1. The molecule has 4 heteroatoms. The van der Waals surface area contributed by atoms with E-state index in [1.807, 2.05) is 36.4 Å². The molecular weight excluding hydrogens is 305 g/mol. The first-order valence-electron chi connectivity index (χ1n) is 6.90. The zero-order chi connectivity index (χ0) is 14.9. The molecule has 0 spiro atoms. The second kappa shape index (κ2) is 5.70. The van der Waals surface area contributed by atoms with Crippen LogP contribution in [0.2, 0.25) is 10.0 Å². The number of hydrogen-bond donors (Lipinski definition) is 1. The maximum absolute atomic E-state index is 12.2. The van der Waals surface area contributed by atoms with E-state index in [2.05, 4.69) is 5.32 Å². The molecule has 1 amide bonds. The Bertz CT molecular complexity index is 663. The molecule has 3 rings (SSSR count). The summed E-state index contributed by atoms with van der Waals surface area (Å²) in [4.78, 5) is 12.2. The van der Waals surface area contributed by atoms with Crippen molar-refractivity contribution in [3.8, 4) is 0 Å². The number of nitrogens with one attached hydrogen (secondary N) is 1. The van der Waals surface area contributed by atoms with Gasteiger partial charge in [0.15, 0.2) is 0 Å². The molecule has 0 aliphatic heterocycles. The van der Waals surface area contributed by atoms with Crippen LogP contribution in [0.15, 0.2) is 48.5 Å². The molecule has 0 unspecified atom stereocenters. The third-order valence-electron chi connectivity index (χ3n) is 4.02. The normalized spacial score (nSPS) is 15.5. The molecule has 0 atom stereocenters. The molecule has 21 heavy (non-hydrogen) atoms. The van der Waals surface area contributed by atoms with Gasteiger partial charge in [0, 0.05) is 17.0 Å². The van der Waals surface area contributed by atoms with Crippen LogP contribution < -0.4 is 5.32 Å². The minimum Gasteiger partial charge on any atom is -0.351 e. The maximum Gasteiger partial charge on any atom is 0.252 e. The van der Waals surface area contributed by atoms with E-state index in [0.29, 0.717) is 17.1 Å². The van der Waals surface area contributed by atoms with Crippen LogP contribution in [0.1, 0.15) is 28.8 Å². The monoisotopic (exact) mass is 319 g/mol. The van der Waals surface area contributed by atoms with Gasteiger partial charge in [0.1, 0.15) is 0 Å². The van der Waals surface area contributed by atoms with Crippen LogP contribution in [-0.2, 0) is 5.41 Å². The summed E-state index contributed by atoms with van der Waals surface area (Å²) < 4.78 is 0. The minimum absolute atomic E-state index is 0.0570. The van der Waals surface area contributed by atoms with Gasteiger partial charge in [0.05, 0.1) is 10.6 Å². The van der Waals surface area contributed by atoms with Gasteiger partial charge in [-0.3, -0.25) is 4.79 Å². The number of carbonyl (C=O) groups is 1. The van der Waals surface area contributed by atoms with E-state index in [4.69, 9.17) is 23.2 Å². The van der Waals surface area contributed by atoms with Gasteiger partial charge >= 0.3 is 0 Å². The molecule has 0 heterocycles. The Morgan fingerprint density at radius 1 is 1.05 bits per heavy atom. The van der Waals surface area contributed by atoms with Crippen LogP contribution in [0.3, 0.4) is 0 Å². The second-order valence-electron chi connectivity index (χ2n) is 5.45. The van der Waals surface area contributed by atoms with Gasteiger partial charge < -0.3 is 5.32 Å². The molecule has 0 bridgehead atoms. The highest BCUT2D eigenvalue weighted by atomic mass is 35.5. The summed E-state index contributed by atoms with van der Waals surface area (Å²) in [6, 6.07) is 15.0. The van der Waals surface area contributed by atoms with Gasteiger partial charge in [-0.1, -0.05) is 47.5 Å². The van der Waals surface area contributed by atoms with Crippen molar-refractivity contribution in [2.45, 2.75) is 18.3 Å². The smallest absolute Gasteiger partial charge is 0.252 e. The lowest BCUT2D eigenvalue weighted by Crippen LogP contribution is -2.32. The highest BCUT2D eigenvalue weighted by Gasteiger charge is 2.44. The Balaban J connectivity index is 1.69. The van der Waals surface area contributed by atoms with Crippen molar-refractivity contribution in [2.75, 3.05) is 6.54 Å². The van der Waals surface area contributed by atoms with Crippen LogP contribution in [0.4, 0.5) is 0 Å². The predicted octanol–water partition coefficient (Wildman–Crippen LogP) is 4.46. The highest BCUT2D eigenvalue weighted by molar-refractivity contribution is 6.33. The van der Waals surface area contributed by atoms with E-state index in [0.717, 1.165) is 17.9 Å². The van der Waals surface area contributed by atoms with Crippen molar-refractivity contribution >= 4 is 29.1 Å². The van der Waals surface area contributed by atoms with Crippen molar-refractivity contribution in [1.82, 2.24) is 5.32 Å². The second-order valence-corrected chi connectivity index (χ2v) is 6.29. The largest absolute Gasteiger partial charge is 0.351 e. The standard InChI is InChI=1S/C17H15Cl2NO/c18-13-7-5-12(6-8-13)17(9-10-17)11-20-16(21)14-3-1-2-4-15(14)19/h1-8H,9-11H2,(H,20,21). The third-order valence-corrected chi connectivity index (χ3v) is 4.60. The van der Waals surface area contributed by atoms with Gasteiger partial charge in [-0.05, 0) is 42.7 Å². The number of benzene rings is 2. The summed E-state index contributed by atoms with van der Waals surface area (Å²) in [5.74, 6) is -0.124. The first kappa shape index (κ1) is 14.4. The van der Waals surface area contributed by atoms with Crippen molar-refractivity contribution in [3.63, 3.8) is 0 Å². The molecule has 0 saturated heterocycles. The van der Waals surface area contributed by atoms with Crippen molar-refractivity contribution in [3.05, 3.63) is 69.7 Å². The predicted molar refractivity (Wildman–Crippen MR) is 86.1 cm³/mol. The molecule has 108 valence electrons. The fraction of sp³-hybridized carbons (Fsp3) is 0.235. The average Bonchev–Trinajstić information content (AvgIpc) is 3.27.